The molecule has 0 spiro atoms. The molecule has 11 heteroatoms. The number of carbonyl (C=O) groups excluding carboxylic acids is 1. The fourth-order valence-electron chi connectivity index (χ4n) is 5.60. The van der Waals surface area contributed by atoms with Crippen molar-refractivity contribution >= 4 is 48.6 Å². The summed E-state index contributed by atoms with van der Waals surface area (Å²) in [5.74, 6) is 0.0795. The molecular weight excluding hydrogens is 597 g/mol. The number of rotatable bonds is 9. The molecule has 0 aliphatic carbocycles. The van der Waals surface area contributed by atoms with Gasteiger partial charge in [-0.3, -0.25) is 14.8 Å². The van der Waals surface area contributed by atoms with Crippen LogP contribution in [0, 0.1) is 0 Å². The summed E-state index contributed by atoms with van der Waals surface area (Å²) < 4.78 is 47.5. The Balaban J connectivity index is 1.25. The number of likely N-dealkylation sites (N-methyl/N-ethyl adjacent to an activating group) is 1. The zero-order valence-electron chi connectivity index (χ0n) is 24.2. The third-order valence-electron chi connectivity index (χ3n) is 7.95. The number of piperidine rings is 1. The Morgan fingerprint density at radius 1 is 0.886 bits per heavy atom. The molecule has 1 amide bonds. The standard InChI is InChI=1S/C33H32N4O5S2/c1-36(43(39)31-9-5-7-25-22-34-17-15-28(25)31)30(33(38)37-19-3-2-4-20-37)21-24-11-13-27(14-12-24)42-44(40,41)32-10-6-8-26-23-35-18-16-29(26)32/h5-18,22-23,30H,2-4,19-21H2,1H3. The highest BCUT2D eigenvalue weighted by atomic mass is 32.2. The van der Waals surface area contributed by atoms with Gasteiger partial charge in [0.15, 0.2) is 0 Å². The lowest BCUT2D eigenvalue weighted by Crippen LogP contribution is -2.50. The number of carbonyl (C=O) groups is 1. The van der Waals surface area contributed by atoms with Crippen molar-refractivity contribution in [2.24, 2.45) is 0 Å². The highest BCUT2D eigenvalue weighted by Gasteiger charge is 2.33. The molecule has 0 N–H and O–H groups in total. The minimum atomic E-state index is -4.12. The van der Waals surface area contributed by atoms with E-state index in [1.54, 1.807) is 78.6 Å². The number of fused-ring (bicyclic) bond motifs is 2. The predicted molar refractivity (Wildman–Crippen MR) is 170 cm³/mol. The van der Waals surface area contributed by atoms with Gasteiger partial charge in [0.1, 0.15) is 27.7 Å². The van der Waals surface area contributed by atoms with Crippen LogP contribution >= 0.6 is 0 Å². The SMILES string of the molecule is CN(C(Cc1ccc(OS(=O)(=O)c2cccc3cnccc23)cc1)C(=O)N1CCCCC1)S(=O)c1cccc2cnccc12. The van der Waals surface area contributed by atoms with Gasteiger partial charge in [0.2, 0.25) is 5.91 Å². The molecule has 44 heavy (non-hydrogen) atoms. The van der Waals surface area contributed by atoms with Crippen LogP contribution in [0.15, 0.2) is 107 Å². The highest BCUT2D eigenvalue weighted by molar-refractivity contribution is 7.87. The van der Waals surface area contributed by atoms with Crippen LogP contribution < -0.4 is 4.18 Å². The zero-order valence-corrected chi connectivity index (χ0v) is 25.8. The van der Waals surface area contributed by atoms with E-state index in [9.17, 15) is 17.4 Å². The molecule has 5 aromatic rings. The van der Waals surface area contributed by atoms with Crippen molar-refractivity contribution in [1.82, 2.24) is 19.2 Å². The first-order chi connectivity index (χ1) is 21.3. The summed E-state index contributed by atoms with van der Waals surface area (Å²) >= 11 is 0. The lowest BCUT2D eigenvalue weighted by molar-refractivity contribution is -0.135. The second-order valence-electron chi connectivity index (χ2n) is 10.8. The Morgan fingerprint density at radius 2 is 1.52 bits per heavy atom. The fourth-order valence-corrected chi connectivity index (χ4v) is 8.03. The third-order valence-corrected chi connectivity index (χ3v) is 10.8. The van der Waals surface area contributed by atoms with Gasteiger partial charge in [-0.1, -0.05) is 36.4 Å². The van der Waals surface area contributed by atoms with Gasteiger partial charge in [0.05, 0.1) is 4.90 Å². The van der Waals surface area contributed by atoms with Gasteiger partial charge in [-0.25, -0.2) is 8.51 Å². The van der Waals surface area contributed by atoms with E-state index in [4.69, 9.17) is 4.18 Å². The van der Waals surface area contributed by atoms with E-state index in [1.165, 1.54) is 6.07 Å². The molecule has 2 aromatic heterocycles. The van der Waals surface area contributed by atoms with E-state index >= 15 is 0 Å². The van der Waals surface area contributed by atoms with Crippen LogP contribution in [0.4, 0.5) is 0 Å². The molecule has 1 aliphatic rings. The summed E-state index contributed by atoms with van der Waals surface area (Å²) in [6, 6.07) is 19.9. The fraction of sp³-hybridized carbons (Fsp3) is 0.242. The van der Waals surface area contributed by atoms with Crippen molar-refractivity contribution in [3.05, 3.63) is 103 Å². The summed E-state index contributed by atoms with van der Waals surface area (Å²) in [6.45, 7) is 1.34. The van der Waals surface area contributed by atoms with Crippen molar-refractivity contribution in [2.75, 3.05) is 20.1 Å². The van der Waals surface area contributed by atoms with Crippen molar-refractivity contribution in [1.29, 1.82) is 0 Å². The normalized spacial score (nSPS) is 15.4. The quantitative estimate of drug-likeness (QED) is 0.208. The highest BCUT2D eigenvalue weighted by Crippen LogP contribution is 2.28. The average Bonchev–Trinajstić information content (AvgIpc) is 3.06. The van der Waals surface area contributed by atoms with E-state index in [-0.39, 0.29) is 23.0 Å². The number of pyridine rings is 2. The topological polar surface area (TPSA) is 110 Å². The Labute approximate surface area is 259 Å². The second kappa shape index (κ2) is 12.8. The smallest absolute Gasteiger partial charge is 0.339 e. The van der Waals surface area contributed by atoms with Crippen molar-refractivity contribution < 1.29 is 21.6 Å². The van der Waals surface area contributed by atoms with E-state index < -0.39 is 27.1 Å². The Kier molecular flexibility index (Phi) is 8.69. The van der Waals surface area contributed by atoms with E-state index in [0.717, 1.165) is 35.6 Å². The van der Waals surface area contributed by atoms with Crippen LogP contribution in [0.1, 0.15) is 24.8 Å². The lowest BCUT2D eigenvalue weighted by atomic mass is 10.0. The van der Waals surface area contributed by atoms with Crippen molar-refractivity contribution in [3.8, 4) is 5.75 Å². The zero-order chi connectivity index (χ0) is 30.7. The summed E-state index contributed by atoms with van der Waals surface area (Å²) in [5.41, 5.74) is 0.785. The number of hydrogen-bond donors (Lipinski definition) is 0. The molecule has 9 nitrogen and oxygen atoms in total. The lowest BCUT2D eigenvalue weighted by Gasteiger charge is -2.34. The average molecular weight is 629 g/mol. The van der Waals surface area contributed by atoms with Gasteiger partial charge >= 0.3 is 10.1 Å². The van der Waals surface area contributed by atoms with Gasteiger partial charge < -0.3 is 9.08 Å². The van der Waals surface area contributed by atoms with E-state index in [1.807, 2.05) is 29.2 Å². The maximum Gasteiger partial charge on any atom is 0.339 e. The number of hydrogen-bond acceptors (Lipinski definition) is 7. The van der Waals surface area contributed by atoms with Crippen LogP contribution in [0.2, 0.25) is 0 Å². The minimum Gasteiger partial charge on any atom is -0.379 e. The second-order valence-corrected chi connectivity index (χ2v) is 13.8. The molecule has 1 saturated heterocycles. The molecule has 1 aliphatic heterocycles. The molecular formula is C33H32N4O5S2. The largest absolute Gasteiger partial charge is 0.379 e. The van der Waals surface area contributed by atoms with Gasteiger partial charge in [-0.15, -0.1) is 0 Å². The number of nitrogens with zero attached hydrogens (tertiary/aromatic N) is 4. The molecule has 3 aromatic carbocycles. The van der Waals surface area contributed by atoms with E-state index in [0.29, 0.717) is 28.8 Å². The van der Waals surface area contributed by atoms with Crippen molar-refractivity contribution in [2.45, 2.75) is 41.5 Å². The number of aromatic nitrogens is 2. The monoisotopic (exact) mass is 628 g/mol. The van der Waals surface area contributed by atoms with Crippen molar-refractivity contribution in [3.63, 3.8) is 0 Å². The molecule has 2 unspecified atom stereocenters. The summed E-state index contributed by atoms with van der Waals surface area (Å²) in [6.07, 6.45) is 9.79. The first kappa shape index (κ1) is 29.9. The molecule has 0 radical (unpaired) electrons. The first-order valence-electron chi connectivity index (χ1n) is 14.4. The van der Waals surface area contributed by atoms with Gasteiger partial charge in [-0.05, 0) is 67.6 Å². The van der Waals surface area contributed by atoms with E-state index in [2.05, 4.69) is 9.97 Å². The molecule has 1 fully saturated rings. The molecule has 226 valence electrons. The van der Waals surface area contributed by atoms with Crippen LogP contribution in [0.25, 0.3) is 21.5 Å². The summed E-state index contributed by atoms with van der Waals surface area (Å²) in [5, 5.41) is 2.91. The first-order valence-corrected chi connectivity index (χ1v) is 17.0. The maximum atomic E-state index is 14.0. The number of amides is 1. The number of benzene rings is 3. The molecule has 6 rings (SSSR count). The van der Waals surface area contributed by atoms with Crippen LogP contribution in [0.5, 0.6) is 5.75 Å². The number of likely N-dealkylation sites (tertiary alicyclic amines) is 1. The predicted octanol–water partition coefficient (Wildman–Crippen LogP) is 5.13. The molecule has 3 heterocycles. The van der Waals surface area contributed by atoms with Gasteiger partial charge in [0.25, 0.3) is 0 Å². The minimum absolute atomic E-state index is 0.0574. The molecule has 2 atom stereocenters. The Bertz CT molecular complexity index is 1930. The summed E-state index contributed by atoms with van der Waals surface area (Å²) in [7, 11) is -4.04. The summed E-state index contributed by atoms with van der Waals surface area (Å²) in [4.78, 5) is 24.7. The Morgan fingerprint density at radius 3 is 2.23 bits per heavy atom. The molecule has 0 saturated carbocycles. The third kappa shape index (κ3) is 6.21. The Hall–Kier alpha value is -4.19. The van der Waals surface area contributed by atoms with Crippen LogP contribution in [0.3, 0.4) is 0 Å². The maximum absolute atomic E-state index is 14.0. The van der Waals surface area contributed by atoms with Gasteiger partial charge in [0, 0.05) is 66.5 Å². The van der Waals surface area contributed by atoms with Gasteiger partial charge in [-0.2, -0.15) is 8.42 Å². The van der Waals surface area contributed by atoms with Crippen LogP contribution in [-0.4, -0.2) is 63.9 Å². The van der Waals surface area contributed by atoms with Crippen LogP contribution in [-0.2, 0) is 32.3 Å². The molecule has 0 bridgehead atoms.